The number of alkyl halides is 1. The first kappa shape index (κ1) is 13.8. The third-order valence-corrected chi connectivity index (χ3v) is 4.02. The Kier molecular flexibility index (Phi) is 3.52. The van der Waals surface area contributed by atoms with E-state index in [1.54, 1.807) is 10.6 Å². The van der Waals surface area contributed by atoms with Gasteiger partial charge in [-0.2, -0.15) is 0 Å². The molecule has 0 aliphatic rings. The van der Waals surface area contributed by atoms with Gasteiger partial charge in [0.05, 0.1) is 22.5 Å². The van der Waals surface area contributed by atoms with E-state index < -0.39 is 0 Å². The molecule has 0 radical (unpaired) electrons. The van der Waals surface area contributed by atoms with Gasteiger partial charge in [0.1, 0.15) is 5.82 Å². The van der Waals surface area contributed by atoms with Crippen LogP contribution in [0.4, 0.5) is 0 Å². The second-order valence-electron chi connectivity index (χ2n) is 5.04. The number of aromatic nitrogens is 2. The highest BCUT2D eigenvalue weighted by molar-refractivity contribution is 6.16. The van der Waals surface area contributed by atoms with Gasteiger partial charge in [-0.05, 0) is 43.2 Å². The number of halogens is 1. The van der Waals surface area contributed by atoms with E-state index in [0.29, 0.717) is 16.7 Å². The Morgan fingerprint density at radius 1 is 1.10 bits per heavy atom. The van der Waals surface area contributed by atoms with Crippen LogP contribution in [0.5, 0.6) is 0 Å². The fraction of sp³-hybridized carbons (Fsp3) is 0.176. The summed E-state index contributed by atoms with van der Waals surface area (Å²) >= 11 is 6.02. The summed E-state index contributed by atoms with van der Waals surface area (Å²) < 4.78 is 1.62. The number of para-hydroxylation sites is 1. The van der Waals surface area contributed by atoms with E-state index in [1.807, 2.05) is 50.2 Å². The molecular formula is C17H15ClN2O. The smallest absolute Gasteiger partial charge is 0.266 e. The zero-order valence-corrected chi connectivity index (χ0v) is 12.7. The summed E-state index contributed by atoms with van der Waals surface area (Å²) in [4.78, 5) is 17.4. The molecule has 0 amide bonds. The zero-order chi connectivity index (χ0) is 15.0. The molecule has 21 heavy (non-hydrogen) atoms. The molecule has 3 nitrogen and oxygen atoms in total. The van der Waals surface area contributed by atoms with Gasteiger partial charge in [0.2, 0.25) is 0 Å². The van der Waals surface area contributed by atoms with Gasteiger partial charge in [-0.15, -0.1) is 11.6 Å². The number of nitrogens with zero attached hydrogens (tertiary/aromatic N) is 2. The van der Waals surface area contributed by atoms with E-state index in [1.165, 1.54) is 0 Å². The number of rotatable bonds is 2. The van der Waals surface area contributed by atoms with Crippen molar-refractivity contribution in [3.05, 3.63) is 69.8 Å². The van der Waals surface area contributed by atoms with Crippen molar-refractivity contribution in [1.29, 1.82) is 0 Å². The molecule has 1 aromatic heterocycles. The van der Waals surface area contributed by atoms with Crippen molar-refractivity contribution in [2.75, 3.05) is 0 Å². The summed E-state index contributed by atoms with van der Waals surface area (Å²) in [6.07, 6.45) is 0. The molecule has 0 N–H and O–H groups in total. The first-order valence-corrected chi connectivity index (χ1v) is 7.30. The van der Waals surface area contributed by atoms with Crippen LogP contribution < -0.4 is 5.56 Å². The monoisotopic (exact) mass is 298 g/mol. The second kappa shape index (κ2) is 5.34. The van der Waals surface area contributed by atoms with E-state index in [2.05, 4.69) is 4.98 Å². The lowest BCUT2D eigenvalue weighted by atomic mass is 10.1. The third kappa shape index (κ3) is 2.24. The highest BCUT2D eigenvalue weighted by atomic mass is 35.5. The maximum atomic E-state index is 12.8. The van der Waals surface area contributed by atoms with Crippen LogP contribution in [0.15, 0.2) is 47.3 Å². The van der Waals surface area contributed by atoms with Crippen LogP contribution in [0, 0.1) is 13.8 Å². The second-order valence-corrected chi connectivity index (χ2v) is 5.31. The maximum Gasteiger partial charge on any atom is 0.266 e. The Bertz CT molecular complexity index is 884. The largest absolute Gasteiger partial charge is 0.268 e. The molecule has 0 aliphatic heterocycles. The number of aryl methyl sites for hydroxylation is 1. The molecule has 4 heteroatoms. The Hall–Kier alpha value is -2.13. The van der Waals surface area contributed by atoms with Crippen LogP contribution in [0.2, 0.25) is 0 Å². The Morgan fingerprint density at radius 3 is 2.62 bits per heavy atom. The first-order valence-electron chi connectivity index (χ1n) is 6.76. The molecule has 1 heterocycles. The summed E-state index contributed by atoms with van der Waals surface area (Å²) in [5, 5.41) is 0.604. The van der Waals surface area contributed by atoms with E-state index in [9.17, 15) is 4.79 Å². The number of fused-ring (bicyclic) bond motifs is 1. The molecular weight excluding hydrogens is 284 g/mol. The Balaban J connectivity index is 2.44. The fourth-order valence-corrected chi connectivity index (χ4v) is 2.67. The standard InChI is InChI=1S/C17H15ClN2O/c1-11-6-5-9-15(12(11)2)20-16(10-18)19-14-8-4-3-7-13(14)17(20)21/h3-9H,10H2,1-2H3. The summed E-state index contributed by atoms with van der Waals surface area (Å²) in [6, 6.07) is 13.2. The van der Waals surface area contributed by atoms with Gasteiger partial charge in [0.15, 0.2) is 0 Å². The molecule has 0 saturated heterocycles. The highest BCUT2D eigenvalue weighted by Gasteiger charge is 2.13. The van der Waals surface area contributed by atoms with Crippen molar-refractivity contribution >= 4 is 22.5 Å². The predicted octanol–water partition coefficient (Wildman–Crippen LogP) is 3.74. The summed E-state index contributed by atoms with van der Waals surface area (Å²) in [5.74, 6) is 0.752. The molecule has 106 valence electrons. The van der Waals surface area contributed by atoms with Crippen molar-refractivity contribution < 1.29 is 0 Å². The molecule has 0 aliphatic carbocycles. The minimum absolute atomic E-state index is 0.0787. The SMILES string of the molecule is Cc1cccc(-n2c(CCl)nc3ccccc3c2=O)c1C. The van der Waals surface area contributed by atoms with Crippen LogP contribution in [-0.2, 0) is 5.88 Å². The molecule has 0 atom stereocenters. The van der Waals surface area contributed by atoms with Crippen LogP contribution in [0.3, 0.4) is 0 Å². The summed E-state index contributed by atoms with van der Waals surface area (Å²) in [5.41, 5.74) is 3.63. The van der Waals surface area contributed by atoms with Gasteiger partial charge in [0.25, 0.3) is 5.56 Å². The van der Waals surface area contributed by atoms with Gasteiger partial charge < -0.3 is 0 Å². The Morgan fingerprint density at radius 2 is 1.86 bits per heavy atom. The van der Waals surface area contributed by atoms with Crippen molar-refractivity contribution in [2.45, 2.75) is 19.7 Å². The lowest BCUT2D eigenvalue weighted by Crippen LogP contribution is -2.24. The fourth-order valence-electron chi connectivity index (χ4n) is 2.49. The molecule has 0 bridgehead atoms. The normalized spacial score (nSPS) is 11.0. The Labute approximate surface area is 127 Å². The topological polar surface area (TPSA) is 34.9 Å². The predicted molar refractivity (Wildman–Crippen MR) is 86.4 cm³/mol. The lowest BCUT2D eigenvalue weighted by molar-refractivity contribution is 0.873. The number of hydrogen-bond donors (Lipinski definition) is 0. The van der Waals surface area contributed by atoms with E-state index >= 15 is 0 Å². The highest BCUT2D eigenvalue weighted by Crippen LogP contribution is 2.19. The lowest BCUT2D eigenvalue weighted by Gasteiger charge is -2.15. The number of benzene rings is 2. The van der Waals surface area contributed by atoms with Crippen LogP contribution in [0.25, 0.3) is 16.6 Å². The van der Waals surface area contributed by atoms with Gasteiger partial charge in [-0.25, -0.2) is 4.98 Å². The van der Waals surface area contributed by atoms with E-state index in [4.69, 9.17) is 11.6 Å². The van der Waals surface area contributed by atoms with E-state index in [0.717, 1.165) is 16.8 Å². The maximum absolute atomic E-state index is 12.8. The molecule has 0 fully saturated rings. The molecule has 0 spiro atoms. The third-order valence-electron chi connectivity index (χ3n) is 3.78. The minimum atomic E-state index is -0.0787. The number of hydrogen-bond acceptors (Lipinski definition) is 2. The molecule has 3 aromatic rings. The molecule has 0 saturated carbocycles. The average Bonchev–Trinajstić information content (AvgIpc) is 2.50. The van der Waals surface area contributed by atoms with E-state index in [-0.39, 0.29) is 11.4 Å². The van der Waals surface area contributed by atoms with Crippen molar-refractivity contribution in [1.82, 2.24) is 9.55 Å². The molecule has 3 rings (SSSR count). The minimum Gasteiger partial charge on any atom is -0.268 e. The van der Waals surface area contributed by atoms with Crippen molar-refractivity contribution in [2.24, 2.45) is 0 Å². The van der Waals surface area contributed by atoms with Crippen LogP contribution >= 0.6 is 11.6 Å². The average molecular weight is 299 g/mol. The first-order chi connectivity index (χ1) is 10.1. The quantitative estimate of drug-likeness (QED) is 0.676. The van der Waals surface area contributed by atoms with Gasteiger partial charge in [-0.1, -0.05) is 24.3 Å². The zero-order valence-electron chi connectivity index (χ0n) is 11.9. The van der Waals surface area contributed by atoms with Crippen molar-refractivity contribution in [3.8, 4) is 5.69 Å². The molecule has 2 aromatic carbocycles. The summed E-state index contributed by atoms with van der Waals surface area (Å²) in [7, 11) is 0. The van der Waals surface area contributed by atoms with Gasteiger partial charge in [-0.3, -0.25) is 9.36 Å². The van der Waals surface area contributed by atoms with Crippen LogP contribution in [0.1, 0.15) is 17.0 Å². The van der Waals surface area contributed by atoms with Gasteiger partial charge >= 0.3 is 0 Å². The van der Waals surface area contributed by atoms with Crippen LogP contribution in [-0.4, -0.2) is 9.55 Å². The van der Waals surface area contributed by atoms with Crippen molar-refractivity contribution in [3.63, 3.8) is 0 Å². The summed E-state index contributed by atoms with van der Waals surface area (Å²) in [6.45, 7) is 4.03. The molecule has 0 unspecified atom stereocenters. The van der Waals surface area contributed by atoms with Gasteiger partial charge in [0, 0.05) is 0 Å².